The van der Waals surface area contributed by atoms with E-state index in [2.05, 4.69) is 11.2 Å². The molecule has 0 aromatic heterocycles. The van der Waals surface area contributed by atoms with Gasteiger partial charge in [-0.3, -0.25) is 9.59 Å². The Bertz CT molecular complexity index is 508. The molecular formula is C14H15ClN2O2. The first-order chi connectivity index (χ1) is 9.06. The third-order valence-electron chi connectivity index (χ3n) is 2.58. The molecule has 0 aliphatic rings. The van der Waals surface area contributed by atoms with Crippen molar-refractivity contribution in [3.63, 3.8) is 0 Å². The van der Waals surface area contributed by atoms with E-state index in [9.17, 15) is 9.59 Å². The minimum absolute atomic E-state index is 0.312. The zero-order valence-corrected chi connectivity index (χ0v) is 11.1. The van der Waals surface area contributed by atoms with Gasteiger partial charge in [0.25, 0.3) is 5.91 Å². The molecule has 1 aromatic carbocycles. The fourth-order valence-corrected chi connectivity index (χ4v) is 1.80. The minimum Gasteiger partial charge on any atom is -0.368 e. The largest absolute Gasteiger partial charge is 0.368 e. The van der Waals surface area contributed by atoms with Crippen LogP contribution in [0, 0.1) is 12.3 Å². The van der Waals surface area contributed by atoms with Crippen LogP contribution < -0.4 is 11.1 Å². The number of terminal acetylenes is 1. The summed E-state index contributed by atoms with van der Waals surface area (Å²) in [6, 6.07) is 5.86. The highest BCUT2D eigenvalue weighted by Gasteiger charge is 2.19. The summed E-state index contributed by atoms with van der Waals surface area (Å²) in [5, 5.41) is 2.89. The van der Waals surface area contributed by atoms with Crippen LogP contribution in [0.4, 0.5) is 0 Å². The first kappa shape index (κ1) is 15.1. The second kappa shape index (κ2) is 7.45. The maximum absolute atomic E-state index is 12.0. The molecule has 0 unspecified atom stereocenters. The maximum Gasteiger partial charge on any atom is 0.253 e. The molecule has 0 radical (unpaired) electrons. The van der Waals surface area contributed by atoms with Crippen molar-refractivity contribution in [1.82, 2.24) is 5.32 Å². The summed E-state index contributed by atoms with van der Waals surface area (Å²) in [6.07, 6.45) is 6.70. The summed E-state index contributed by atoms with van der Waals surface area (Å²) in [6.45, 7) is 0. The molecule has 3 N–H and O–H groups in total. The third-order valence-corrected chi connectivity index (χ3v) is 2.91. The van der Waals surface area contributed by atoms with Crippen LogP contribution in [0.25, 0.3) is 0 Å². The lowest BCUT2D eigenvalue weighted by atomic mass is 10.1. The van der Waals surface area contributed by atoms with E-state index in [1.807, 2.05) is 0 Å². The third kappa shape index (κ3) is 4.65. The Balaban J connectivity index is 2.69. The van der Waals surface area contributed by atoms with Crippen molar-refractivity contribution in [2.75, 3.05) is 0 Å². The lowest BCUT2D eigenvalue weighted by molar-refractivity contribution is -0.120. The van der Waals surface area contributed by atoms with Crippen LogP contribution in [0.5, 0.6) is 0 Å². The summed E-state index contributed by atoms with van der Waals surface area (Å²) in [7, 11) is 0. The van der Waals surface area contributed by atoms with Crippen LogP contribution in [-0.2, 0) is 4.79 Å². The van der Waals surface area contributed by atoms with E-state index in [4.69, 9.17) is 23.8 Å². The topological polar surface area (TPSA) is 72.2 Å². The highest BCUT2D eigenvalue weighted by molar-refractivity contribution is 6.33. The van der Waals surface area contributed by atoms with E-state index in [0.717, 1.165) is 0 Å². The fraction of sp³-hybridized carbons (Fsp3) is 0.286. The van der Waals surface area contributed by atoms with Crippen LogP contribution in [0.15, 0.2) is 24.3 Å². The van der Waals surface area contributed by atoms with E-state index in [0.29, 0.717) is 29.8 Å². The van der Waals surface area contributed by atoms with Crippen LogP contribution >= 0.6 is 11.6 Å². The van der Waals surface area contributed by atoms with E-state index in [1.54, 1.807) is 24.3 Å². The molecule has 0 saturated carbocycles. The summed E-state index contributed by atoms with van der Waals surface area (Å²) in [5.74, 6) is 1.46. The predicted octanol–water partition coefficient (Wildman–Crippen LogP) is 1.73. The van der Waals surface area contributed by atoms with Crippen LogP contribution in [0.2, 0.25) is 5.02 Å². The summed E-state index contributed by atoms with van der Waals surface area (Å²) in [4.78, 5) is 23.2. The molecule has 0 aliphatic heterocycles. The van der Waals surface area contributed by atoms with Gasteiger partial charge in [0.1, 0.15) is 6.04 Å². The molecule has 1 atom stereocenters. The molecule has 1 rings (SSSR count). The Hall–Kier alpha value is -1.99. The predicted molar refractivity (Wildman–Crippen MR) is 74.6 cm³/mol. The molecular weight excluding hydrogens is 264 g/mol. The Morgan fingerprint density at radius 3 is 2.68 bits per heavy atom. The van der Waals surface area contributed by atoms with Gasteiger partial charge in [-0.1, -0.05) is 23.7 Å². The number of carbonyl (C=O) groups excluding carboxylic acids is 2. The number of hydrogen-bond donors (Lipinski definition) is 2. The van der Waals surface area contributed by atoms with E-state index in [-0.39, 0.29) is 0 Å². The van der Waals surface area contributed by atoms with E-state index in [1.165, 1.54) is 0 Å². The van der Waals surface area contributed by atoms with Gasteiger partial charge in [-0.2, -0.15) is 0 Å². The maximum atomic E-state index is 12.0. The number of nitrogens with one attached hydrogen (secondary N) is 1. The quantitative estimate of drug-likeness (QED) is 0.614. The molecule has 5 heteroatoms. The second-order valence-corrected chi connectivity index (χ2v) is 4.41. The van der Waals surface area contributed by atoms with Gasteiger partial charge in [0.05, 0.1) is 10.6 Å². The highest BCUT2D eigenvalue weighted by atomic mass is 35.5. The van der Waals surface area contributed by atoms with Gasteiger partial charge in [0.15, 0.2) is 0 Å². The number of carbonyl (C=O) groups is 2. The lowest BCUT2D eigenvalue weighted by Crippen LogP contribution is -2.44. The number of benzene rings is 1. The zero-order chi connectivity index (χ0) is 14.3. The number of hydrogen-bond acceptors (Lipinski definition) is 2. The molecule has 0 saturated heterocycles. The molecule has 0 fully saturated rings. The van der Waals surface area contributed by atoms with Crippen molar-refractivity contribution in [2.24, 2.45) is 5.73 Å². The Morgan fingerprint density at radius 1 is 1.42 bits per heavy atom. The second-order valence-electron chi connectivity index (χ2n) is 4.00. The van der Waals surface area contributed by atoms with Gasteiger partial charge < -0.3 is 11.1 Å². The van der Waals surface area contributed by atoms with Crippen molar-refractivity contribution in [3.05, 3.63) is 34.9 Å². The summed E-state index contributed by atoms with van der Waals surface area (Å²) in [5.41, 5.74) is 5.56. The van der Waals surface area contributed by atoms with E-state index < -0.39 is 17.9 Å². The van der Waals surface area contributed by atoms with Gasteiger partial charge in [-0.25, -0.2) is 0 Å². The van der Waals surface area contributed by atoms with Crippen molar-refractivity contribution < 1.29 is 9.59 Å². The number of halogens is 1. The zero-order valence-electron chi connectivity index (χ0n) is 10.4. The Kier molecular flexibility index (Phi) is 5.91. The minimum atomic E-state index is -0.739. The molecule has 19 heavy (non-hydrogen) atoms. The number of unbranched alkanes of at least 4 members (excludes halogenated alkanes) is 1. The van der Waals surface area contributed by atoms with Gasteiger partial charge in [-0.05, 0) is 25.0 Å². The number of primary amides is 1. The standard InChI is InChI=1S/C14H15ClN2O2/c1-2-3-4-9-12(13(16)18)17-14(19)10-7-5-6-8-11(10)15/h1,5-8,12H,3-4,9H2,(H2,16,18)(H,17,19)/t12-/m1/s1. The number of amides is 2. The summed E-state index contributed by atoms with van der Waals surface area (Å²) >= 11 is 5.91. The van der Waals surface area contributed by atoms with Crippen LogP contribution in [0.3, 0.4) is 0 Å². The van der Waals surface area contributed by atoms with E-state index >= 15 is 0 Å². The molecule has 1 aromatic rings. The average Bonchev–Trinajstić information content (AvgIpc) is 2.38. The van der Waals surface area contributed by atoms with Crippen LogP contribution in [-0.4, -0.2) is 17.9 Å². The lowest BCUT2D eigenvalue weighted by Gasteiger charge is -2.15. The number of nitrogens with two attached hydrogens (primary N) is 1. The molecule has 4 nitrogen and oxygen atoms in total. The van der Waals surface area contributed by atoms with Gasteiger partial charge in [0, 0.05) is 6.42 Å². The molecule has 100 valence electrons. The molecule has 0 spiro atoms. The normalized spacial score (nSPS) is 11.4. The Labute approximate surface area is 117 Å². The fourth-order valence-electron chi connectivity index (χ4n) is 1.58. The van der Waals surface area contributed by atoms with Gasteiger partial charge in [0.2, 0.25) is 5.91 Å². The molecule has 0 heterocycles. The smallest absolute Gasteiger partial charge is 0.253 e. The van der Waals surface area contributed by atoms with Gasteiger partial charge in [-0.15, -0.1) is 12.3 Å². The van der Waals surface area contributed by atoms with Crippen molar-refractivity contribution in [2.45, 2.75) is 25.3 Å². The average molecular weight is 279 g/mol. The monoisotopic (exact) mass is 278 g/mol. The van der Waals surface area contributed by atoms with Crippen molar-refractivity contribution >= 4 is 23.4 Å². The number of rotatable bonds is 6. The highest BCUT2D eigenvalue weighted by Crippen LogP contribution is 2.15. The first-order valence-corrected chi connectivity index (χ1v) is 6.22. The molecule has 2 amide bonds. The first-order valence-electron chi connectivity index (χ1n) is 5.84. The van der Waals surface area contributed by atoms with Gasteiger partial charge >= 0.3 is 0 Å². The summed E-state index contributed by atoms with van der Waals surface area (Å²) < 4.78 is 0. The SMILES string of the molecule is C#CCCC[C@@H](NC(=O)c1ccccc1Cl)C(N)=O. The molecule has 0 bridgehead atoms. The van der Waals surface area contributed by atoms with Crippen molar-refractivity contribution in [1.29, 1.82) is 0 Å². The Morgan fingerprint density at radius 2 is 2.11 bits per heavy atom. The molecule has 0 aliphatic carbocycles. The van der Waals surface area contributed by atoms with Crippen LogP contribution in [0.1, 0.15) is 29.6 Å². The van der Waals surface area contributed by atoms with Crippen molar-refractivity contribution in [3.8, 4) is 12.3 Å².